The maximum Gasteiger partial charge on any atom is 0.274 e. The summed E-state index contributed by atoms with van der Waals surface area (Å²) < 4.78 is 0. The summed E-state index contributed by atoms with van der Waals surface area (Å²) in [6, 6.07) is 10.4. The molecule has 0 radical (unpaired) electrons. The van der Waals surface area contributed by atoms with Gasteiger partial charge >= 0.3 is 0 Å². The van der Waals surface area contributed by atoms with Crippen LogP contribution in [0.5, 0.6) is 0 Å². The fourth-order valence-corrected chi connectivity index (χ4v) is 2.80. The molecule has 0 atom stereocenters. The van der Waals surface area contributed by atoms with Crippen molar-refractivity contribution in [1.82, 2.24) is 4.98 Å². The molecule has 22 heavy (non-hydrogen) atoms. The first-order chi connectivity index (χ1) is 10.6. The molecule has 0 saturated carbocycles. The van der Waals surface area contributed by atoms with Crippen LogP contribution in [0.4, 0.5) is 5.69 Å². The standard InChI is InChI=1S/C15H14ClN3O2S/c16-10-5-7-18-12(9-10)15(21)19-11-3-1-2-4-13(11)22-8-6-14(17)20/h1-5,7,9H,6,8H2,(H2,17,20)(H,19,21). The summed E-state index contributed by atoms with van der Waals surface area (Å²) in [6.45, 7) is 0. The van der Waals surface area contributed by atoms with E-state index in [1.54, 1.807) is 12.1 Å². The molecule has 0 bridgehead atoms. The molecule has 5 nitrogen and oxygen atoms in total. The molecule has 7 heteroatoms. The number of aromatic nitrogens is 1. The van der Waals surface area contributed by atoms with Crippen molar-refractivity contribution in [2.75, 3.05) is 11.1 Å². The van der Waals surface area contributed by atoms with Gasteiger partial charge in [-0.25, -0.2) is 0 Å². The Bertz CT molecular complexity index is 694. The molecular formula is C15H14ClN3O2S. The number of benzene rings is 1. The maximum atomic E-state index is 12.2. The van der Waals surface area contributed by atoms with Gasteiger partial charge in [0.2, 0.25) is 5.91 Å². The fraction of sp³-hybridized carbons (Fsp3) is 0.133. The van der Waals surface area contributed by atoms with Crippen molar-refractivity contribution in [3.63, 3.8) is 0 Å². The molecular weight excluding hydrogens is 322 g/mol. The Morgan fingerprint density at radius 1 is 1.27 bits per heavy atom. The second-order valence-electron chi connectivity index (χ2n) is 4.37. The van der Waals surface area contributed by atoms with Crippen molar-refractivity contribution in [1.29, 1.82) is 0 Å². The number of amides is 2. The van der Waals surface area contributed by atoms with Crippen LogP contribution in [0.15, 0.2) is 47.5 Å². The number of pyridine rings is 1. The summed E-state index contributed by atoms with van der Waals surface area (Å²) in [4.78, 5) is 27.8. The third-order valence-corrected chi connectivity index (χ3v) is 4.01. The van der Waals surface area contributed by atoms with Crippen LogP contribution in [-0.4, -0.2) is 22.6 Å². The number of anilines is 1. The Morgan fingerprint density at radius 3 is 2.77 bits per heavy atom. The predicted molar refractivity (Wildman–Crippen MR) is 88.2 cm³/mol. The van der Waals surface area contributed by atoms with Gasteiger partial charge in [-0.15, -0.1) is 11.8 Å². The zero-order chi connectivity index (χ0) is 15.9. The SMILES string of the molecule is NC(=O)CCSc1ccccc1NC(=O)c1cc(Cl)ccn1. The van der Waals surface area contributed by atoms with Crippen LogP contribution in [-0.2, 0) is 4.79 Å². The largest absolute Gasteiger partial charge is 0.370 e. The van der Waals surface area contributed by atoms with E-state index in [1.807, 2.05) is 18.2 Å². The van der Waals surface area contributed by atoms with Crippen molar-refractivity contribution in [3.8, 4) is 0 Å². The number of carbonyl (C=O) groups is 2. The molecule has 0 aliphatic carbocycles. The molecule has 2 rings (SSSR count). The lowest BCUT2D eigenvalue weighted by atomic mass is 10.3. The summed E-state index contributed by atoms with van der Waals surface area (Å²) in [6.07, 6.45) is 1.76. The van der Waals surface area contributed by atoms with E-state index in [4.69, 9.17) is 17.3 Å². The lowest BCUT2D eigenvalue weighted by Crippen LogP contribution is -2.14. The molecule has 1 aromatic carbocycles. The molecule has 0 unspecified atom stereocenters. The van der Waals surface area contributed by atoms with Gasteiger partial charge in [0.15, 0.2) is 0 Å². The van der Waals surface area contributed by atoms with Crippen LogP contribution in [0.1, 0.15) is 16.9 Å². The van der Waals surface area contributed by atoms with Crippen LogP contribution < -0.4 is 11.1 Å². The average Bonchev–Trinajstić information content (AvgIpc) is 2.48. The first-order valence-electron chi connectivity index (χ1n) is 6.49. The highest BCUT2D eigenvalue weighted by Gasteiger charge is 2.11. The van der Waals surface area contributed by atoms with Crippen LogP contribution in [0.25, 0.3) is 0 Å². The van der Waals surface area contributed by atoms with Crippen molar-refractivity contribution in [3.05, 3.63) is 53.3 Å². The molecule has 3 N–H and O–H groups in total. The second-order valence-corrected chi connectivity index (χ2v) is 5.95. The summed E-state index contributed by atoms with van der Waals surface area (Å²) >= 11 is 7.31. The molecule has 0 fully saturated rings. The zero-order valence-corrected chi connectivity index (χ0v) is 13.2. The van der Waals surface area contributed by atoms with E-state index in [0.29, 0.717) is 16.5 Å². The second kappa shape index (κ2) is 7.82. The van der Waals surface area contributed by atoms with Crippen LogP contribution in [0.3, 0.4) is 0 Å². The summed E-state index contributed by atoms with van der Waals surface area (Å²) in [5.74, 6) is -0.139. The average molecular weight is 336 g/mol. The van der Waals surface area contributed by atoms with Gasteiger partial charge in [-0.1, -0.05) is 23.7 Å². The molecule has 0 aliphatic rings. The topological polar surface area (TPSA) is 85.1 Å². The predicted octanol–water partition coefficient (Wildman–Crippen LogP) is 2.95. The molecule has 0 aliphatic heterocycles. The van der Waals surface area contributed by atoms with Gasteiger partial charge in [-0.05, 0) is 24.3 Å². The van der Waals surface area contributed by atoms with Gasteiger partial charge in [0.25, 0.3) is 5.91 Å². The quantitative estimate of drug-likeness (QED) is 0.795. The van der Waals surface area contributed by atoms with E-state index in [0.717, 1.165) is 4.90 Å². The minimum absolute atomic E-state index is 0.240. The first-order valence-corrected chi connectivity index (χ1v) is 7.85. The van der Waals surface area contributed by atoms with Gasteiger partial charge in [0.1, 0.15) is 5.69 Å². The van der Waals surface area contributed by atoms with Crippen LogP contribution >= 0.6 is 23.4 Å². The number of rotatable bonds is 6. The Hall–Kier alpha value is -2.05. The smallest absolute Gasteiger partial charge is 0.274 e. The van der Waals surface area contributed by atoms with Crippen molar-refractivity contribution in [2.24, 2.45) is 5.73 Å². The van der Waals surface area contributed by atoms with Gasteiger partial charge in [0, 0.05) is 28.3 Å². The highest BCUT2D eigenvalue weighted by atomic mass is 35.5. The molecule has 1 aromatic heterocycles. The minimum Gasteiger partial charge on any atom is -0.370 e. The summed E-state index contributed by atoms with van der Waals surface area (Å²) in [7, 11) is 0. The third-order valence-electron chi connectivity index (χ3n) is 2.70. The Morgan fingerprint density at radius 2 is 2.05 bits per heavy atom. The molecule has 2 aromatic rings. The number of para-hydroxylation sites is 1. The number of carbonyl (C=O) groups excluding carboxylic acids is 2. The molecule has 1 heterocycles. The number of nitrogens with zero attached hydrogens (tertiary/aromatic N) is 1. The van der Waals surface area contributed by atoms with Crippen molar-refractivity contribution < 1.29 is 9.59 Å². The third kappa shape index (κ3) is 4.75. The van der Waals surface area contributed by atoms with E-state index in [2.05, 4.69) is 10.3 Å². The van der Waals surface area contributed by atoms with Gasteiger partial charge in [-0.3, -0.25) is 14.6 Å². The number of thioether (sulfide) groups is 1. The number of nitrogens with two attached hydrogens (primary N) is 1. The molecule has 0 saturated heterocycles. The molecule has 2 amide bonds. The number of hydrogen-bond acceptors (Lipinski definition) is 4. The molecule has 0 spiro atoms. The number of nitrogens with one attached hydrogen (secondary N) is 1. The van der Waals surface area contributed by atoms with Crippen molar-refractivity contribution >= 4 is 40.9 Å². The lowest BCUT2D eigenvalue weighted by Gasteiger charge is -2.10. The van der Waals surface area contributed by atoms with Crippen molar-refractivity contribution in [2.45, 2.75) is 11.3 Å². The Kier molecular flexibility index (Phi) is 5.80. The van der Waals surface area contributed by atoms with Gasteiger partial charge in [-0.2, -0.15) is 0 Å². The van der Waals surface area contributed by atoms with E-state index in [1.165, 1.54) is 24.0 Å². The normalized spacial score (nSPS) is 10.2. The van der Waals surface area contributed by atoms with E-state index < -0.39 is 0 Å². The van der Waals surface area contributed by atoms with Crippen LogP contribution in [0, 0.1) is 0 Å². The first kappa shape index (κ1) is 16.3. The minimum atomic E-state index is -0.350. The summed E-state index contributed by atoms with van der Waals surface area (Å²) in [5, 5.41) is 3.24. The Balaban J connectivity index is 2.09. The van der Waals surface area contributed by atoms with Gasteiger partial charge < -0.3 is 11.1 Å². The zero-order valence-electron chi connectivity index (χ0n) is 11.6. The maximum absolute atomic E-state index is 12.2. The molecule has 114 valence electrons. The van der Waals surface area contributed by atoms with E-state index in [-0.39, 0.29) is 23.9 Å². The fourth-order valence-electron chi connectivity index (χ4n) is 1.67. The highest BCUT2D eigenvalue weighted by Crippen LogP contribution is 2.27. The highest BCUT2D eigenvalue weighted by molar-refractivity contribution is 7.99. The lowest BCUT2D eigenvalue weighted by molar-refractivity contribution is -0.117. The summed E-state index contributed by atoms with van der Waals surface area (Å²) in [5.41, 5.74) is 6.02. The van der Waals surface area contributed by atoms with E-state index >= 15 is 0 Å². The Labute approximate surface area is 137 Å². The number of primary amides is 1. The van der Waals surface area contributed by atoms with Gasteiger partial charge in [0.05, 0.1) is 5.69 Å². The van der Waals surface area contributed by atoms with E-state index in [9.17, 15) is 9.59 Å². The monoisotopic (exact) mass is 335 g/mol. The number of hydrogen-bond donors (Lipinski definition) is 2. The van der Waals surface area contributed by atoms with Crippen LogP contribution in [0.2, 0.25) is 5.02 Å². The number of halogens is 1.